The standard InChI is InChI=1S/C11H18.C2H6/c1-3-10-6-4-5-7-11(10)8-9(11)2;1-2/h3,9H,4-8H2,1-2H3;1-2H3/b10-3-;. The highest BCUT2D eigenvalue weighted by molar-refractivity contribution is 5.25. The summed E-state index contributed by atoms with van der Waals surface area (Å²) in [5.41, 5.74) is 2.49. The van der Waals surface area contributed by atoms with Crippen LogP contribution in [0.3, 0.4) is 0 Å². The average Bonchev–Trinajstić information content (AvgIpc) is 2.81. The highest BCUT2D eigenvalue weighted by atomic mass is 14.6. The Bertz CT molecular complexity index is 190. The lowest BCUT2D eigenvalue weighted by atomic mass is 9.80. The van der Waals surface area contributed by atoms with Crippen LogP contribution in [0, 0.1) is 11.3 Å². The van der Waals surface area contributed by atoms with Crippen molar-refractivity contribution in [2.24, 2.45) is 11.3 Å². The first-order valence-electron chi connectivity index (χ1n) is 5.95. The first kappa shape index (κ1) is 10.8. The van der Waals surface area contributed by atoms with Gasteiger partial charge >= 0.3 is 0 Å². The Morgan fingerprint density at radius 3 is 2.31 bits per heavy atom. The first-order chi connectivity index (χ1) is 6.29. The summed E-state index contributed by atoms with van der Waals surface area (Å²) < 4.78 is 0. The predicted molar refractivity (Wildman–Crippen MR) is 59.8 cm³/mol. The quantitative estimate of drug-likeness (QED) is 0.479. The zero-order valence-corrected chi connectivity index (χ0v) is 9.69. The van der Waals surface area contributed by atoms with Crippen LogP contribution >= 0.6 is 0 Å². The van der Waals surface area contributed by atoms with Crippen LogP contribution in [-0.2, 0) is 0 Å². The molecule has 0 nitrogen and oxygen atoms in total. The Hall–Kier alpha value is -0.260. The Balaban J connectivity index is 0.000000396. The highest BCUT2D eigenvalue weighted by Gasteiger charge is 2.53. The fourth-order valence-corrected chi connectivity index (χ4v) is 2.88. The molecular weight excluding hydrogens is 156 g/mol. The van der Waals surface area contributed by atoms with E-state index in [0.29, 0.717) is 5.41 Å². The lowest BCUT2D eigenvalue weighted by Crippen LogP contribution is -2.12. The van der Waals surface area contributed by atoms with Crippen LogP contribution in [0.15, 0.2) is 11.6 Å². The van der Waals surface area contributed by atoms with Crippen molar-refractivity contribution < 1.29 is 0 Å². The molecule has 1 spiro atoms. The SMILES string of the molecule is C/C=C1/CCCCC12CC2C.CC. The van der Waals surface area contributed by atoms with E-state index in [1.54, 1.807) is 5.57 Å². The molecule has 76 valence electrons. The zero-order chi connectivity index (χ0) is 9.90. The average molecular weight is 180 g/mol. The van der Waals surface area contributed by atoms with Crippen molar-refractivity contribution in [1.29, 1.82) is 0 Å². The maximum atomic E-state index is 2.41. The van der Waals surface area contributed by atoms with Gasteiger partial charge in [0.15, 0.2) is 0 Å². The summed E-state index contributed by atoms with van der Waals surface area (Å²) in [5.74, 6) is 0.994. The molecular formula is C13H24. The number of allylic oxidation sites excluding steroid dienone is 2. The van der Waals surface area contributed by atoms with E-state index in [-0.39, 0.29) is 0 Å². The van der Waals surface area contributed by atoms with Gasteiger partial charge in [-0.25, -0.2) is 0 Å². The van der Waals surface area contributed by atoms with Gasteiger partial charge in [0.2, 0.25) is 0 Å². The minimum Gasteiger partial charge on any atom is -0.0879 e. The van der Waals surface area contributed by atoms with E-state index < -0.39 is 0 Å². The van der Waals surface area contributed by atoms with Gasteiger partial charge in [0, 0.05) is 0 Å². The molecule has 0 heterocycles. The third-order valence-electron chi connectivity index (χ3n) is 3.76. The first-order valence-corrected chi connectivity index (χ1v) is 5.95. The van der Waals surface area contributed by atoms with Crippen LogP contribution in [0.2, 0.25) is 0 Å². The van der Waals surface area contributed by atoms with Crippen molar-refractivity contribution in [3.63, 3.8) is 0 Å². The molecule has 2 atom stereocenters. The Morgan fingerprint density at radius 1 is 1.31 bits per heavy atom. The minimum atomic E-state index is 0.715. The van der Waals surface area contributed by atoms with Gasteiger partial charge in [-0.15, -0.1) is 0 Å². The molecule has 2 unspecified atom stereocenters. The van der Waals surface area contributed by atoms with E-state index in [1.807, 2.05) is 13.8 Å². The highest BCUT2D eigenvalue weighted by Crippen LogP contribution is 2.63. The maximum Gasteiger partial charge on any atom is -0.00594 e. The van der Waals surface area contributed by atoms with E-state index in [9.17, 15) is 0 Å². The minimum absolute atomic E-state index is 0.715. The molecule has 0 radical (unpaired) electrons. The third kappa shape index (κ3) is 1.82. The predicted octanol–water partition coefficient (Wildman–Crippen LogP) is 4.56. The zero-order valence-electron chi connectivity index (χ0n) is 9.69. The molecule has 2 rings (SSSR count). The van der Waals surface area contributed by atoms with Crippen molar-refractivity contribution in [2.75, 3.05) is 0 Å². The third-order valence-corrected chi connectivity index (χ3v) is 3.76. The van der Waals surface area contributed by atoms with Crippen molar-refractivity contribution in [1.82, 2.24) is 0 Å². The molecule has 2 aliphatic carbocycles. The summed E-state index contributed by atoms with van der Waals surface area (Å²) in [4.78, 5) is 0. The largest absolute Gasteiger partial charge is 0.0879 e. The molecule has 0 heteroatoms. The molecule has 0 amide bonds. The monoisotopic (exact) mass is 180 g/mol. The van der Waals surface area contributed by atoms with Gasteiger partial charge in [-0.3, -0.25) is 0 Å². The van der Waals surface area contributed by atoms with E-state index >= 15 is 0 Å². The fourth-order valence-electron chi connectivity index (χ4n) is 2.88. The number of hydrogen-bond acceptors (Lipinski definition) is 0. The van der Waals surface area contributed by atoms with Gasteiger partial charge in [0.05, 0.1) is 0 Å². The molecule has 2 fully saturated rings. The molecule has 0 bridgehead atoms. The lowest BCUT2D eigenvalue weighted by Gasteiger charge is -2.25. The second-order valence-electron chi connectivity index (χ2n) is 4.28. The second kappa shape index (κ2) is 4.30. The van der Waals surface area contributed by atoms with Crippen molar-refractivity contribution in [3.05, 3.63) is 11.6 Å². The van der Waals surface area contributed by atoms with Gasteiger partial charge in [-0.05, 0) is 43.9 Å². The second-order valence-corrected chi connectivity index (χ2v) is 4.28. The molecule has 0 aromatic rings. The molecule has 0 aliphatic heterocycles. The fraction of sp³-hybridized carbons (Fsp3) is 0.846. The molecule has 0 aromatic carbocycles. The smallest absolute Gasteiger partial charge is 0.00594 e. The summed E-state index contributed by atoms with van der Waals surface area (Å²) in [5, 5.41) is 0. The van der Waals surface area contributed by atoms with Crippen LogP contribution in [-0.4, -0.2) is 0 Å². The van der Waals surface area contributed by atoms with E-state index in [1.165, 1.54) is 32.1 Å². The van der Waals surface area contributed by atoms with Gasteiger partial charge in [0.25, 0.3) is 0 Å². The van der Waals surface area contributed by atoms with Crippen LogP contribution in [0.4, 0.5) is 0 Å². The van der Waals surface area contributed by atoms with Crippen molar-refractivity contribution >= 4 is 0 Å². The van der Waals surface area contributed by atoms with Crippen LogP contribution in [0.25, 0.3) is 0 Å². The number of hydrogen-bond donors (Lipinski definition) is 0. The van der Waals surface area contributed by atoms with Gasteiger partial charge < -0.3 is 0 Å². The Kier molecular flexibility index (Phi) is 3.58. The Labute approximate surface area is 83.4 Å². The van der Waals surface area contributed by atoms with E-state index in [2.05, 4.69) is 19.9 Å². The molecule has 0 aromatic heterocycles. The van der Waals surface area contributed by atoms with Crippen LogP contribution in [0.1, 0.15) is 59.8 Å². The summed E-state index contributed by atoms with van der Waals surface area (Å²) >= 11 is 0. The molecule has 2 saturated carbocycles. The van der Waals surface area contributed by atoms with E-state index in [4.69, 9.17) is 0 Å². The van der Waals surface area contributed by atoms with Crippen molar-refractivity contribution in [3.8, 4) is 0 Å². The topological polar surface area (TPSA) is 0 Å². The van der Waals surface area contributed by atoms with Crippen LogP contribution in [0.5, 0.6) is 0 Å². The summed E-state index contributed by atoms with van der Waals surface area (Å²) in [6.07, 6.45) is 9.64. The maximum absolute atomic E-state index is 2.41. The molecule has 0 N–H and O–H groups in total. The summed E-state index contributed by atoms with van der Waals surface area (Å²) in [6.45, 7) is 8.63. The normalized spacial score (nSPS) is 40.0. The molecule has 13 heavy (non-hydrogen) atoms. The van der Waals surface area contributed by atoms with Crippen LogP contribution < -0.4 is 0 Å². The molecule has 0 saturated heterocycles. The van der Waals surface area contributed by atoms with Gasteiger partial charge in [-0.2, -0.15) is 0 Å². The van der Waals surface area contributed by atoms with Crippen molar-refractivity contribution in [2.45, 2.75) is 59.8 Å². The molecule has 2 aliphatic rings. The van der Waals surface area contributed by atoms with Gasteiger partial charge in [0.1, 0.15) is 0 Å². The summed E-state index contributed by atoms with van der Waals surface area (Å²) in [6, 6.07) is 0. The number of rotatable bonds is 0. The lowest BCUT2D eigenvalue weighted by molar-refractivity contribution is 0.409. The summed E-state index contributed by atoms with van der Waals surface area (Å²) in [7, 11) is 0. The van der Waals surface area contributed by atoms with E-state index in [0.717, 1.165) is 5.92 Å². The Morgan fingerprint density at radius 2 is 1.92 bits per heavy atom. The van der Waals surface area contributed by atoms with Gasteiger partial charge in [-0.1, -0.05) is 38.8 Å².